The van der Waals surface area contributed by atoms with Gasteiger partial charge in [-0.05, 0) is 38.4 Å². The van der Waals surface area contributed by atoms with Crippen LogP contribution in [-0.2, 0) is 4.74 Å². The SMILES string of the molecule is CCNC(=NCC1CCCN1CCOC)N(C)CCOc1ccccc1. The van der Waals surface area contributed by atoms with Crippen molar-refractivity contribution >= 4 is 5.96 Å². The fourth-order valence-corrected chi connectivity index (χ4v) is 3.19. The Morgan fingerprint density at radius 1 is 1.31 bits per heavy atom. The molecule has 1 aromatic carbocycles. The Morgan fingerprint density at radius 2 is 2.12 bits per heavy atom. The number of hydrogen-bond donors (Lipinski definition) is 1. The molecule has 1 N–H and O–H groups in total. The molecule has 1 unspecified atom stereocenters. The molecular formula is C20H34N4O2. The quantitative estimate of drug-likeness (QED) is 0.510. The Labute approximate surface area is 158 Å². The predicted molar refractivity (Wildman–Crippen MR) is 107 cm³/mol. The number of aliphatic imine (C=N–C) groups is 1. The summed E-state index contributed by atoms with van der Waals surface area (Å²) in [5.41, 5.74) is 0. The molecule has 1 saturated heterocycles. The van der Waals surface area contributed by atoms with Gasteiger partial charge in [0.1, 0.15) is 12.4 Å². The van der Waals surface area contributed by atoms with Gasteiger partial charge < -0.3 is 19.7 Å². The zero-order valence-corrected chi connectivity index (χ0v) is 16.5. The van der Waals surface area contributed by atoms with E-state index in [0.29, 0.717) is 12.6 Å². The molecule has 1 aromatic rings. The van der Waals surface area contributed by atoms with Gasteiger partial charge in [0.2, 0.25) is 0 Å². The van der Waals surface area contributed by atoms with Crippen LogP contribution in [0.2, 0.25) is 0 Å². The third kappa shape index (κ3) is 6.84. The summed E-state index contributed by atoms with van der Waals surface area (Å²) >= 11 is 0. The Morgan fingerprint density at radius 3 is 2.85 bits per heavy atom. The maximum atomic E-state index is 5.80. The molecule has 6 heteroatoms. The monoisotopic (exact) mass is 362 g/mol. The molecule has 1 aliphatic rings. The number of benzene rings is 1. The maximum absolute atomic E-state index is 5.80. The largest absolute Gasteiger partial charge is 0.492 e. The summed E-state index contributed by atoms with van der Waals surface area (Å²) in [7, 11) is 3.83. The third-order valence-corrected chi connectivity index (χ3v) is 4.67. The van der Waals surface area contributed by atoms with E-state index in [2.05, 4.69) is 29.1 Å². The molecule has 0 bridgehead atoms. The molecule has 6 nitrogen and oxygen atoms in total. The highest BCUT2D eigenvalue weighted by molar-refractivity contribution is 5.79. The molecule has 0 aromatic heterocycles. The van der Waals surface area contributed by atoms with Gasteiger partial charge >= 0.3 is 0 Å². The van der Waals surface area contributed by atoms with E-state index in [-0.39, 0.29) is 0 Å². The summed E-state index contributed by atoms with van der Waals surface area (Å²) < 4.78 is 11.0. The van der Waals surface area contributed by atoms with Crippen molar-refractivity contribution in [2.75, 3.05) is 60.1 Å². The van der Waals surface area contributed by atoms with Crippen molar-refractivity contribution in [1.82, 2.24) is 15.1 Å². The van der Waals surface area contributed by atoms with Crippen molar-refractivity contribution in [3.8, 4) is 5.75 Å². The van der Waals surface area contributed by atoms with E-state index in [1.807, 2.05) is 30.3 Å². The summed E-state index contributed by atoms with van der Waals surface area (Å²) in [5.74, 6) is 1.85. The van der Waals surface area contributed by atoms with E-state index in [0.717, 1.165) is 51.0 Å². The number of likely N-dealkylation sites (tertiary alicyclic amines) is 1. The van der Waals surface area contributed by atoms with Crippen molar-refractivity contribution in [3.63, 3.8) is 0 Å². The van der Waals surface area contributed by atoms with Gasteiger partial charge in [-0.1, -0.05) is 18.2 Å². The van der Waals surface area contributed by atoms with Crippen molar-refractivity contribution in [1.29, 1.82) is 0 Å². The lowest BCUT2D eigenvalue weighted by Crippen LogP contribution is -2.42. The van der Waals surface area contributed by atoms with E-state index >= 15 is 0 Å². The van der Waals surface area contributed by atoms with Crippen molar-refractivity contribution in [3.05, 3.63) is 30.3 Å². The van der Waals surface area contributed by atoms with E-state index < -0.39 is 0 Å². The minimum Gasteiger partial charge on any atom is -0.492 e. The first-order valence-corrected chi connectivity index (χ1v) is 9.65. The number of rotatable bonds is 10. The molecule has 0 amide bonds. The van der Waals surface area contributed by atoms with Crippen molar-refractivity contribution in [2.45, 2.75) is 25.8 Å². The van der Waals surface area contributed by atoms with Crippen molar-refractivity contribution < 1.29 is 9.47 Å². The number of methoxy groups -OCH3 is 1. The Balaban J connectivity index is 1.82. The minimum atomic E-state index is 0.521. The number of para-hydroxylation sites is 1. The van der Waals surface area contributed by atoms with Crippen molar-refractivity contribution in [2.24, 2.45) is 4.99 Å². The Kier molecular flexibility index (Phi) is 9.28. The lowest BCUT2D eigenvalue weighted by Gasteiger charge is -2.25. The smallest absolute Gasteiger partial charge is 0.193 e. The summed E-state index contributed by atoms with van der Waals surface area (Å²) in [5, 5.41) is 3.39. The summed E-state index contributed by atoms with van der Waals surface area (Å²) in [4.78, 5) is 9.51. The molecule has 1 aliphatic heterocycles. The number of ether oxygens (including phenoxy) is 2. The van der Waals surface area contributed by atoms with Crippen LogP contribution in [0.3, 0.4) is 0 Å². The zero-order valence-electron chi connectivity index (χ0n) is 16.5. The average Bonchev–Trinajstić information content (AvgIpc) is 3.11. The van der Waals surface area contributed by atoms with Gasteiger partial charge in [-0.2, -0.15) is 0 Å². The van der Waals surface area contributed by atoms with Crippen LogP contribution in [0.4, 0.5) is 0 Å². The number of nitrogens with zero attached hydrogens (tertiary/aromatic N) is 3. The second kappa shape index (κ2) is 11.8. The highest BCUT2D eigenvalue weighted by Crippen LogP contribution is 2.17. The van der Waals surface area contributed by atoms with Gasteiger partial charge in [0, 0.05) is 33.3 Å². The number of likely N-dealkylation sites (N-methyl/N-ethyl adjacent to an activating group) is 1. The molecule has 0 radical (unpaired) electrons. The van der Waals surface area contributed by atoms with Crippen LogP contribution < -0.4 is 10.1 Å². The van der Waals surface area contributed by atoms with E-state index in [9.17, 15) is 0 Å². The molecule has 1 fully saturated rings. The predicted octanol–water partition coefficient (Wildman–Crippen LogP) is 2.07. The molecule has 0 spiro atoms. The highest BCUT2D eigenvalue weighted by atomic mass is 16.5. The lowest BCUT2D eigenvalue weighted by atomic mass is 10.2. The van der Waals surface area contributed by atoms with E-state index in [4.69, 9.17) is 14.5 Å². The lowest BCUT2D eigenvalue weighted by molar-refractivity contribution is 0.142. The Bertz CT molecular complexity index is 524. The van der Waals surface area contributed by atoms with Crippen LogP contribution in [0, 0.1) is 0 Å². The molecule has 2 rings (SSSR count). The molecule has 26 heavy (non-hydrogen) atoms. The number of guanidine groups is 1. The van der Waals surface area contributed by atoms with Crippen LogP contribution in [0.15, 0.2) is 35.3 Å². The van der Waals surface area contributed by atoms with Gasteiger partial charge in [0.05, 0.1) is 19.7 Å². The molecule has 146 valence electrons. The van der Waals surface area contributed by atoms with Crippen LogP contribution >= 0.6 is 0 Å². The average molecular weight is 363 g/mol. The van der Waals surface area contributed by atoms with Crippen LogP contribution in [0.1, 0.15) is 19.8 Å². The minimum absolute atomic E-state index is 0.521. The van der Waals surface area contributed by atoms with Gasteiger partial charge in [-0.3, -0.25) is 9.89 Å². The normalized spacial score (nSPS) is 18.1. The highest BCUT2D eigenvalue weighted by Gasteiger charge is 2.23. The fraction of sp³-hybridized carbons (Fsp3) is 0.650. The molecule has 1 heterocycles. The fourth-order valence-electron chi connectivity index (χ4n) is 3.19. The number of hydrogen-bond acceptors (Lipinski definition) is 4. The van der Waals surface area contributed by atoms with Crippen LogP contribution in [0.25, 0.3) is 0 Å². The molecule has 0 saturated carbocycles. The molecule has 1 atom stereocenters. The first kappa shape index (κ1) is 20.5. The molecular weight excluding hydrogens is 328 g/mol. The first-order chi connectivity index (χ1) is 12.7. The summed E-state index contributed by atoms with van der Waals surface area (Å²) in [6, 6.07) is 10.5. The van der Waals surface area contributed by atoms with Crippen LogP contribution in [0.5, 0.6) is 5.75 Å². The second-order valence-corrected chi connectivity index (χ2v) is 6.60. The standard InChI is InChI=1S/C20H34N4O2/c1-4-21-20(22-17-18-9-8-12-24(18)14-15-25-3)23(2)13-16-26-19-10-6-5-7-11-19/h5-7,10-11,18H,4,8-9,12-17H2,1-3H3,(H,21,22). The van der Waals surface area contributed by atoms with Gasteiger partial charge in [0.25, 0.3) is 0 Å². The first-order valence-electron chi connectivity index (χ1n) is 9.65. The summed E-state index contributed by atoms with van der Waals surface area (Å²) in [6.45, 7) is 8.15. The zero-order chi connectivity index (χ0) is 18.6. The molecule has 0 aliphatic carbocycles. The summed E-state index contributed by atoms with van der Waals surface area (Å²) in [6.07, 6.45) is 2.47. The topological polar surface area (TPSA) is 49.3 Å². The second-order valence-electron chi connectivity index (χ2n) is 6.60. The van der Waals surface area contributed by atoms with E-state index in [1.165, 1.54) is 12.8 Å². The third-order valence-electron chi connectivity index (χ3n) is 4.67. The van der Waals surface area contributed by atoms with Gasteiger partial charge in [0.15, 0.2) is 5.96 Å². The maximum Gasteiger partial charge on any atom is 0.193 e. The number of nitrogens with one attached hydrogen (secondary N) is 1. The van der Waals surface area contributed by atoms with E-state index in [1.54, 1.807) is 7.11 Å². The van der Waals surface area contributed by atoms with Gasteiger partial charge in [-0.15, -0.1) is 0 Å². The Hall–Kier alpha value is -1.79. The van der Waals surface area contributed by atoms with Crippen LogP contribution in [-0.4, -0.2) is 81.9 Å². The van der Waals surface area contributed by atoms with Gasteiger partial charge in [-0.25, -0.2) is 0 Å².